The number of para-hydroxylation sites is 2. The molecule has 2 aromatic rings. The third-order valence-electron chi connectivity index (χ3n) is 3.20. The Morgan fingerprint density at radius 3 is 3.00 bits per heavy atom. The molecule has 0 spiro atoms. The van der Waals surface area contributed by atoms with Crippen LogP contribution >= 0.6 is 11.3 Å². The van der Waals surface area contributed by atoms with Crippen LogP contribution in [0.3, 0.4) is 0 Å². The summed E-state index contributed by atoms with van der Waals surface area (Å²) in [5.74, 6) is 0.763. The zero-order valence-corrected chi connectivity index (χ0v) is 11.6. The number of amides is 1. The molecule has 1 aromatic heterocycles. The van der Waals surface area contributed by atoms with Crippen LogP contribution in [0.2, 0.25) is 0 Å². The number of anilines is 1. The number of ether oxygens (including phenoxy) is 1. The van der Waals surface area contributed by atoms with Crippen LogP contribution in [-0.2, 0) is 0 Å². The lowest BCUT2D eigenvalue weighted by Gasteiger charge is -2.34. The Bertz CT molecular complexity index is 623. The van der Waals surface area contributed by atoms with Crippen molar-refractivity contribution in [3.8, 4) is 5.75 Å². The lowest BCUT2D eigenvalue weighted by atomic mass is 10.1. The summed E-state index contributed by atoms with van der Waals surface area (Å²) in [5.41, 5.74) is 3.32. The number of nitrogens with zero attached hydrogens (tertiary/aromatic N) is 2. The molecule has 5 heteroatoms. The van der Waals surface area contributed by atoms with Gasteiger partial charge < -0.3 is 4.74 Å². The van der Waals surface area contributed by atoms with E-state index in [-0.39, 0.29) is 11.9 Å². The van der Waals surface area contributed by atoms with Crippen LogP contribution in [0.5, 0.6) is 5.75 Å². The van der Waals surface area contributed by atoms with Gasteiger partial charge in [-0.3, -0.25) is 9.69 Å². The Hall–Kier alpha value is -1.88. The van der Waals surface area contributed by atoms with Gasteiger partial charge in [-0.2, -0.15) is 0 Å². The van der Waals surface area contributed by atoms with Crippen LogP contribution in [0.15, 0.2) is 29.8 Å². The first-order valence-corrected chi connectivity index (χ1v) is 7.02. The molecule has 3 rings (SSSR count). The second-order valence-electron chi connectivity index (χ2n) is 4.57. The molecule has 4 nitrogen and oxygen atoms in total. The Balaban J connectivity index is 2.05. The highest BCUT2D eigenvalue weighted by Crippen LogP contribution is 2.35. The average Bonchev–Trinajstić information content (AvgIpc) is 2.84. The standard InChI is InChI=1S/C14H14N2O2S/c1-9-7-18-12-6-4-3-5-11(12)16(9)14(17)13-10(2)15-8-19-13/h3-6,8-9H,7H2,1-2H3. The summed E-state index contributed by atoms with van der Waals surface area (Å²) >= 11 is 1.38. The maximum Gasteiger partial charge on any atom is 0.270 e. The van der Waals surface area contributed by atoms with Gasteiger partial charge in [0.15, 0.2) is 0 Å². The fourth-order valence-corrected chi connectivity index (χ4v) is 2.97. The molecule has 0 N–H and O–H groups in total. The van der Waals surface area contributed by atoms with Gasteiger partial charge in [0.2, 0.25) is 0 Å². The third-order valence-corrected chi connectivity index (χ3v) is 4.12. The predicted octanol–water partition coefficient (Wildman–Crippen LogP) is 2.88. The Morgan fingerprint density at radius 2 is 2.26 bits per heavy atom. The minimum Gasteiger partial charge on any atom is -0.489 e. The summed E-state index contributed by atoms with van der Waals surface area (Å²) in [7, 11) is 0. The van der Waals surface area contributed by atoms with Crippen molar-refractivity contribution in [2.24, 2.45) is 0 Å². The third kappa shape index (κ3) is 2.00. The fourth-order valence-electron chi connectivity index (χ4n) is 2.23. The maximum absolute atomic E-state index is 12.7. The van der Waals surface area contributed by atoms with Gasteiger partial charge in [0, 0.05) is 0 Å². The summed E-state index contributed by atoms with van der Waals surface area (Å²) in [5, 5.41) is 0. The molecule has 0 bridgehead atoms. The van der Waals surface area contributed by atoms with Crippen molar-refractivity contribution in [3.63, 3.8) is 0 Å². The molecular weight excluding hydrogens is 260 g/mol. The summed E-state index contributed by atoms with van der Waals surface area (Å²) in [4.78, 5) is 19.4. The number of aromatic nitrogens is 1. The van der Waals surface area contributed by atoms with Gasteiger partial charge in [-0.25, -0.2) is 4.98 Å². The monoisotopic (exact) mass is 274 g/mol. The number of hydrogen-bond acceptors (Lipinski definition) is 4. The second-order valence-corrected chi connectivity index (χ2v) is 5.42. The van der Waals surface area contributed by atoms with Crippen molar-refractivity contribution < 1.29 is 9.53 Å². The van der Waals surface area contributed by atoms with Crippen LogP contribution in [0, 0.1) is 6.92 Å². The van der Waals surface area contributed by atoms with Crippen LogP contribution in [0.25, 0.3) is 0 Å². The Kier molecular flexibility index (Phi) is 2.98. The first-order chi connectivity index (χ1) is 9.18. The summed E-state index contributed by atoms with van der Waals surface area (Å²) < 4.78 is 5.66. The van der Waals surface area contributed by atoms with Gasteiger partial charge >= 0.3 is 0 Å². The largest absolute Gasteiger partial charge is 0.489 e. The number of fused-ring (bicyclic) bond motifs is 1. The van der Waals surface area contributed by atoms with E-state index >= 15 is 0 Å². The highest BCUT2D eigenvalue weighted by Gasteiger charge is 2.31. The van der Waals surface area contributed by atoms with E-state index in [1.807, 2.05) is 38.1 Å². The van der Waals surface area contributed by atoms with Gasteiger partial charge in [-0.1, -0.05) is 12.1 Å². The van der Waals surface area contributed by atoms with E-state index < -0.39 is 0 Å². The summed E-state index contributed by atoms with van der Waals surface area (Å²) in [6, 6.07) is 7.65. The van der Waals surface area contributed by atoms with Gasteiger partial charge in [-0.05, 0) is 26.0 Å². The zero-order valence-electron chi connectivity index (χ0n) is 10.8. The smallest absolute Gasteiger partial charge is 0.270 e. The zero-order chi connectivity index (χ0) is 13.4. The number of thiazole rings is 1. The molecule has 1 amide bonds. The number of benzene rings is 1. The molecule has 2 heterocycles. The number of carbonyl (C=O) groups excluding carboxylic acids is 1. The highest BCUT2D eigenvalue weighted by atomic mass is 32.1. The van der Waals surface area contributed by atoms with Crippen molar-refractivity contribution in [1.29, 1.82) is 0 Å². The molecule has 1 atom stereocenters. The Morgan fingerprint density at radius 1 is 1.47 bits per heavy atom. The molecule has 98 valence electrons. The molecule has 0 aliphatic carbocycles. The lowest BCUT2D eigenvalue weighted by molar-refractivity contribution is 0.0964. The molecule has 19 heavy (non-hydrogen) atoms. The van der Waals surface area contributed by atoms with Crippen LogP contribution in [0.1, 0.15) is 22.3 Å². The van der Waals surface area contributed by atoms with E-state index in [9.17, 15) is 4.79 Å². The van der Waals surface area contributed by atoms with E-state index in [2.05, 4.69) is 4.98 Å². The fraction of sp³-hybridized carbons (Fsp3) is 0.286. The van der Waals surface area contributed by atoms with Crippen molar-refractivity contribution in [1.82, 2.24) is 4.98 Å². The van der Waals surface area contributed by atoms with Crippen molar-refractivity contribution >= 4 is 22.9 Å². The van der Waals surface area contributed by atoms with Crippen LogP contribution in [-0.4, -0.2) is 23.5 Å². The van der Waals surface area contributed by atoms with Crippen LogP contribution < -0.4 is 9.64 Å². The highest BCUT2D eigenvalue weighted by molar-refractivity contribution is 7.12. The Labute approximate surface area is 115 Å². The average molecular weight is 274 g/mol. The van der Waals surface area contributed by atoms with Crippen molar-refractivity contribution in [2.45, 2.75) is 19.9 Å². The van der Waals surface area contributed by atoms with Gasteiger partial charge in [-0.15, -0.1) is 11.3 Å². The van der Waals surface area contributed by atoms with E-state index in [4.69, 9.17) is 4.74 Å². The van der Waals surface area contributed by atoms with Gasteiger partial charge in [0.1, 0.15) is 17.2 Å². The van der Waals surface area contributed by atoms with E-state index in [1.54, 1.807) is 10.4 Å². The number of aryl methyl sites for hydroxylation is 1. The quantitative estimate of drug-likeness (QED) is 0.803. The predicted molar refractivity (Wildman–Crippen MR) is 75.1 cm³/mol. The SMILES string of the molecule is Cc1ncsc1C(=O)N1c2ccccc2OCC1C. The summed E-state index contributed by atoms with van der Waals surface area (Å²) in [6.45, 7) is 4.37. The number of rotatable bonds is 1. The maximum atomic E-state index is 12.7. The van der Waals surface area contributed by atoms with Gasteiger partial charge in [0.25, 0.3) is 5.91 Å². The molecule has 0 fully saturated rings. The molecule has 1 aliphatic rings. The number of carbonyl (C=O) groups is 1. The molecular formula is C14H14N2O2S. The normalized spacial score (nSPS) is 17.8. The molecule has 0 radical (unpaired) electrons. The van der Waals surface area contributed by atoms with E-state index in [0.717, 1.165) is 17.1 Å². The van der Waals surface area contributed by atoms with Gasteiger partial charge in [0.05, 0.1) is 22.9 Å². The lowest BCUT2D eigenvalue weighted by Crippen LogP contribution is -2.45. The minimum atomic E-state index is 0.00301. The first-order valence-electron chi connectivity index (χ1n) is 6.14. The molecule has 1 unspecified atom stereocenters. The summed E-state index contributed by atoms with van der Waals surface area (Å²) in [6.07, 6.45) is 0. The topological polar surface area (TPSA) is 42.4 Å². The van der Waals surface area contributed by atoms with Crippen molar-refractivity contribution in [3.05, 3.63) is 40.3 Å². The molecule has 1 aromatic carbocycles. The number of hydrogen-bond donors (Lipinski definition) is 0. The molecule has 1 aliphatic heterocycles. The molecule has 0 saturated carbocycles. The second kappa shape index (κ2) is 4.66. The minimum absolute atomic E-state index is 0.00301. The van der Waals surface area contributed by atoms with Crippen molar-refractivity contribution in [2.75, 3.05) is 11.5 Å². The molecule has 0 saturated heterocycles. The van der Waals surface area contributed by atoms with E-state index in [1.165, 1.54) is 11.3 Å². The van der Waals surface area contributed by atoms with Crippen LogP contribution in [0.4, 0.5) is 5.69 Å². The first kappa shape index (κ1) is 12.2. The van der Waals surface area contributed by atoms with E-state index in [0.29, 0.717) is 11.5 Å².